The molecule has 1 heterocycles. The van der Waals surface area contributed by atoms with Crippen LogP contribution in [0.25, 0.3) is 16.9 Å². The number of nitrogens with zero attached hydrogens (tertiary/aromatic N) is 2. The summed E-state index contributed by atoms with van der Waals surface area (Å²) >= 11 is 19.3. The van der Waals surface area contributed by atoms with Gasteiger partial charge in [0.25, 0.3) is 5.91 Å². The average molecular weight is 543 g/mol. The van der Waals surface area contributed by atoms with Crippen LogP contribution < -0.4 is 5.32 Å². The van der Waals surface area contributed by atoms with Gasteiger partial charge in [0, 0.05) is 27.7 Å². The lowest BCUT2D eigenvalue weighted by atomic mass is 9.45. The number of nitrogens with one attached hydrogen (secondary N) is 1. The number of aromatic nitrogens is 2. The Morgan fingerprint density at radius 1 is 1.08 bits per heavy atom. The maximum absolute atomic E-state index is 13.6. The van der Waals surface area contributed by atoms with E-state index >= 15 is 0 Å². The lowest BCUT2D eigenvalue weighted by Gasteiger charge is -2.60. The summed E-state index contributed by atoms with van der Waals surface area (Å²) in [4.78, 5) is 13.6. The summed E-state index contributed by atoms with van der Waals surface area (Å²) < 4.78 is 1.81. The van der Waals surface area contributed by atoms with Gasteiger partial charge < -0.3 is 5.32 Å². The molecule has 4 nitrogen and oxygen atoms in total. The smallest absolute Gasteiger partial charge is 0.272 e. The molecule has 1 N–H and O–H groups in total. The van der Waals surface area contributed by atoms with Crippen LogP contribution in [0.15, 0.2) is 36.4 Å². The minimum Gasteiger partial charge on any atom is -0.350 e. The number of benzene rings is 2. The molecule has 7 rings (SSSR count). The third-order valence-electron chi connectivity index (χ3n) is 9.06. The molecule has 4 aliphatic rings. The normalized spacial score (nSPS) is 23.8. The van der Waals surface area contributed by atoms with Crippen LogP contribution in [0.3, 0.4) is 0 Å². The first-order valence-electron chi connectivity index (χ1n) is 12.9. The molecule has 3 unspecified atom stereocenters. The van der Waals surface area contributed by atoms with Gasteiger partial charge in [-0.25, -0.2) is 4.68 Å². The zero-order chi connectivity index (χ0) is 25.2. The minimum atomic E-state index is -0.111. The van der Waals surface area contributed by atoms with E-state index in [1.807, 2.05) is 22.9 Å². The number of aryl methyl sites for hydroxylation is 1. The first-order chi connectivity index (χ1) is 17.2. The summed E-state index contributed by atoms with van der Waals surface area (Å²) in [5.41, 5.74) is 5.60. The van der Waals surface area contributed by atoms with Gasteiger partial charge >= 0.3 is 0 Å². The molecule has 0 saturated heterocycles. The fraction of sp³-hybridized carbons (Fsp3) is 0.448. The third kappa shape index (κ3) is 3.97. The number of amides is 1. The van der Waals surface area contributed by atoms with Gasteiger partial charge in [-0.05, 0) is 97.6 Å². The molecule has 36 heavy (non-hydrogen) atoms. The van der Waals surface area contributed by atoms with Crippen LogP contribution in [0.1, 0.15) is 61.1 Å². The van der Waals surface area contributed by atoms with Crippen molar-refractivity contribution in [1.29, 1.82) is 0 Å². The van der Waals surface area contributed by atoms with Crippen LogP contribution in [0.5, 0.6) is 0 Å². The number of fused-ring (bicyclic) bond motifs is 5. The zero-order valence-corrected chi connectivity index (χ0v) is 22.9. The molecule has 0 radical (unpaired) electrons. The van der Waals surface area contributed by atoms with Crippen LogP contribution in [0, 0.1) is 23.2 Å². The molecular formula is C29H30Cl3N3O. The SMILES string of the molecule is CC1(C)C2CCC(CNC(=O)c3nn(-c4ccc(Cl)cc4Cl)c4c3CCCc3ccc(Cl)cc3-4)C1C2. The summed E-state index contributed by atoms with van der Waals surface area (Å²) in [6.45, 7) is 5.48. The van der Waals surface area contributed by atoms with E-state index in [4.69, 9.17) is 39.9 Å². The number of hydrogen-bond acceptors (Lipinski definition) is 2. The Morgan fingerprint density at radius 3 is 2.61 bits per heavy atom. The largest absolute Gasteiger partial charge is 0.350 e. The van der Waals surface area contributed by atoms with Crippen molar-refractivity contribution < 1.29 is 4.79 Å². The highest BCUT2D eigenvalue weighted by atomic mass is 35.5. The quantitative estimate of drug-likeness (QED) is 0.366. The highest BCUT2D eigenvalue weighted by Crippen LogP contribution is 2.61. The molecule has 2 bridgehead atoms. The fourth-order valence-electron chi connectivity index (χ4n) is 6.93. The molecule has 0 spiro atoms. The van der Waals surface area contributed by atoms with Gasteiger partial charge in [0.2, 0.25) is 0 Å². The number of halogens is 3. The monoisotopic (exact) mass is 541 g/mol. The van der Waals surface area contributed by atoms with Gasteiger partial charge in [-0.1, -0.05) is 54.7 Å². The van der Waals surface area contributed by atoms with Crippen molar-refractivity contribution >= 4 is 40.7 Å². The lowest BCUT2D eigenvalue weighted by Crippen LogP contribution is -2.54. The van der Waals surface area contributed by atoms with Crippen LogP contribution >= 0.6 is 34.8 Å². The van der Waals surface area contributed by atoms with Crippen LogP contribution in [0.4, 0.5) is 0 Å². The van der Waals surface area contributed by atoms with Gasteiger partial charge in [0.05, 0.1) is 16.4 Å². The summed E-state index contributed by atoms with van der Waals surface area (Å²) in [6, 6.07) is 11.3. The van der Waals surface area contributed by atoms with E-state index in [0.717, 1.165) is 42.0 Å². The van der Waals surface area contributed by atoms with Crippen molar-refractivity contribution in [2.45, 2.75) is 52.4 Å². The summed E-state index contributed by atoms with van der Waals surface area (Å²) in [5.74, 6) is 1.95. The maximum atomic E-state index is 13.6. The summed E-state index contributed by atoms with van der Waals surface area (Å²) in [5, 5.41) is 9.83. The van der Waals surface area contributed by atoms with Crippen LogP contribution in [0.2, 0.25) is 15.1 Å². The Balaban J connectivity index is 1.40. The Hall–Kier alpha value is -2.01. The van der Waals surface area contributed by atoms with Crippen molar-refractivity contribution in [3.63, 3.8) is 0 Å². The lowest BCUT2D eigenvalue weighted by molar-refractivity contribution is -0.103. The van der Waals surface area contributed by atoms with E-state index in [0.29, 0.717) is 50.2 Å². The zero-order valence-electron chi connectivity index (χ0n) is 20.6. The Bertz CT molecular complexity index is 1360. The Kier molecular flexibility index (Phi) is 6.13. The Labute approximate surface area is 227 Å². The highest BCUT2D eigenvalue weighted by Gasteiger charge is 2.54. The molecule has 3 aromatic rings. The molecule has 7 heteroatoms. The van der Waals surface area contributed by atoms with E-state index in [9.17, 15) is 4.79 Å². The molecule has 188 valence electrons. The van der Waals surface area contributed by atoms with Gasteiger partial charge in [-0.3, -0.25) is 4.79 Å². The third-order valence-corrected chi connectivity index (χ3v) is 9.84. The fourth-order valence-corrected chi connectivity index (χ4v) is 7.59. The standard InChI is InChI=1S/C29H30Cl3N3O/c1-29(2)18-8-6-17(23(29)12-18)15-33-28(36)26-21-5-3-4-16-7-9-19(30)13-22(16)27(21)35(34-26)25-11-10-20(31)14-24(25)32/h7,9-11,13-14,17-18,23H,3-6,8,12,15H2,1-2H3,(H,33,36). The number of rotatable bonds is 4. The van der Waals surface area contributed by atoms with E-state index < -0.39 is 0 Å². The van der Waals surface area contributed by atoms with E-state index in [2.05, 4.69) is 25.2 Å². The molecule has 0 aliphatic heterocycles. The molecule has 4 aliphatic carbocycles. The first-order valence-corrected chi connectivity index (χ1v) is 14.0. The van der Waals surface area contributed by atoms with Crippen molar-refractivity contribution in [3.05, 3.63) is 68.3 Å². The number of hydrogen-bond donors (Lipinski definition) is 1. The van der Waals surface area contributed by atoms with Gasteiger partial charge in [0.15, 0.2) is 5.69 Å². The predicted octanol–water partition coefficient (Wildman–Crippen LogP) is 7.79. The van der Waals surface area contributed by atoms with Gasteiger partial charge in [-0.15, -0.1) is 0 Å². The average Bonchev–Trinajstić information content (AvgIpc) is 3.12. The van der Waals surface area contributed by atoms with E-state index in [1.54, 1.807) is 12.1 Å². The first kappa shape index (κ1) is 24.3. The molecule has 2 aromatic carbocycles. The second-order valence-corrected chi connectivity index (χ2v) is 12.5. The summed E-state index contributed by atoms with van der Waals surface area (Å²) in [7, 11) is 0. The highest BCUT2D eigenvalue weighted by molar-refractivity contribution is 6.35. The minimum absolute atomic E-state index is 0.111. The van der Waals surface area contributed by atoms with E-state index in [1.165, 1.54) is 24.8 Å². The van der Waals surface area contributed by atoms with E-state index in [-0.39, 0.29) is 5.91 Å². The van der Waals surface area contributed by atoms with Crippen molar-refractivity contribution in [3.8, 4) is 16.9 Å². The van der Waals surface area contributed by atoms with Crippen molar-refractivity contribution in [1.82, 2.24) is 15.1 Å². The molecule has 3 saturated carbocycles. The van der Waals surface area contributed by atoms with Crippen LogP contribution in [-0.4, -0.2) is 22.2 Å². The second kappa shape index (κ2) is 9.08. The molecule has 3 atom stereocenters. The maximum Gasteiger partial charge on any atom is 0.272 e. The summed E-state index contributed by atoms with van der Waals surface area (Å²) in [6.07, 6.45) is 6.36. The Morgan fingerprint density at radius 2 is 1.86 bits per heavy atom. The van der Waals surface area contributed by atoms with Gasteiger partial charge in [0.1, 0.15) is 0 Å². The molecular weight excluding hydrogens is 513 g/mol. The van der Waals surface area contributed by atoms with Crippen molar-refractivity contribution in [2.75, 3.05) is 6.54 Å². The molecule has 1 aromatic heterocycles. The number of carbonyl (C=O) groups is 1. The van der Waals surface area contributed by atoms with Crippen molar-refractivity contribution in [2.24, 2.45) is 23.2 Å². The number of carbonyl (C=O) groups excluding carboxylic acids is 1. The van der Waals surface area contributed by atoms with Crippen LogP contribution in [-0.2, 0) is 12.8 Å². The topological polar surface area (TPSA) is 46.9 Å². The predicted molar refractivity (Wildman–Crippen MR) is 146 cm³/mol. The van der Waals surface area contributed by atoms with Gasteiger partial charge in [-0.2, -0.15) is 5.10 Å². The second-order valence-electron chi connectivity index (χ2n) is 11.2. The molecule has 1 amide bonds. The molecule has 3 fully saturated rings.